The normalized spacial score (nSPS) is 14.9. The lowest BCUT2D eigenvalue weighted by molar-refractivity contribution is 0.279. The van der Waals surface area contributed by atoms with Crippen molar-refractivity contribution in [3.63, 3.8) is 0 Å². The zero-order valence-corrected chi connectivity index (χ0v) is 8.19. The van der Waals surface area contributed by atoms with Crippen LogP contribution in [0.2, 0.25) is 0 Å². The summed E-state index contributed by atoms with van der Waals surface area (Å²) in [6.45, 7) is 0.774. The number of benzene rings is 1. The predicted molar refractivity (Wildman–Crippen MR) is 55.3 cm³/mol. The molecule has 1 heterocycles. The Morgan fingerprint density at radius 3 is 3.29 bits per heavy atom. The number of nitrogens with zero attached hydrogens (tertiary/aromatic N) is 1. The summed E-state index contributed by atoms with van der Waals surface area (Å²) in [4.78, 5) is 3.78. The Bertz CT molecular complexity index is 347. The Hall–Kier alpha value is -1.51. The Morgan fingerprint density at radius 2 is 2.43 bits per heavy atom. The number of para-hydroxylation sites is 1. The molecular weight excluding hydrogens is 178 g/mol. The van der Waals surface area contributed by atoms with Crippen LogP contribution in [0.5, 0.6) is 11.5 Å². The van der Waals surface area contributed by atoms with Gasteiger partial charge in [-0.25, -0.2) is 0 Å². The van der Waals surface area contributed by atoms with Crippen LogP contribution in [0.3, 0.4) is 0 Å². The van der Waals surface area contributed by atoms with Crippen molar-refractivity contribution in [3.05, 3.63) is 23.8 Å². The van der Waals surface area contributed by atoms with Crippen molar-refractivity contribution in [1.29, 1.82) is 0 Å². The summed E-state index contributed by atoms with van der Waals surface area (Å²) >= 11 is 0. The number of hydrogen-bond acceptors (Lipinski definition) is 3. The van der Waals surface area contributed by atoms with Gasteiger partial charge in [0.1, 0.15) is 0 Å². The molecule has 0 saturated heterocycles. The summed E-state index contributed by atoms with van der Waals surface area (Å²) in [6.07, 6.45) is 3.57. The van der Waals surface area contributed by atoms with Crippen molar-refractivity contribution < 1.29 is 9.47 Å². The highest BCUT2D eigenvalue weighted by Gasteiger charge is 2.14. The van der Waals surface area contributed by atoms with Crippen LogP contribution in [-0.2, 0) is 6.42 Å². The SMILES string of the molecule is C/N=C/Oc1cccc2c1OCCC2. The maximum absolute atomic E-state index is 5.56. The minimum atomic E-state index is 0.757. The Morgan fingerprint density at radius 1 is 1.50 bits per heavy atom. The second-order valence-corrected chi connectivity index (χ2v) is 3.18. The Balaban J connectivity index is 2.30. The number of aryl methyl sites for hydroxylation is 1. The van der Waals surface area contributed by atoms with Crippen LogP contribution in [0.1, 0.15) is 12.0 Å². The number of hydrogen-bond donors (Lipinski definition) is 0. The molecule has 1 aliphatic rings. The van der Waals surface area contributed by atoms with E-state index in [0.29, 0.717) is 0 Å². The summed E-state index contributed by atoms with van der Waals surface area (Å²) in [5.41, 5.74) is 1.22. The number of fused-ring (bicyclic) bond motifs is 1. The number of ether oxygens (including phenoxy) is 2. The summed E-state index contributed by atoms with van der Waals surface area (Å²) in [5.74, 6) is 1.63. The molecule has 0 unspecified atom stereocenters. The molecule has 2 rings (SSSR count). The van der Waals surface area contributed by atoms with Gasteiger partial charge in [0.2, 0.25) is 0 Å². The monoisotopic (exact) mass is 191 g/mol. The van der Waals surface area contributed by atoms with Crippen molar-refractivity contribution in [2.75, 3.05) is 13.7 Å². The molecule has 0 fully saturated rings. The molecule has 14 heavy (non-hydrogen) atoms. The van der Waals surface area contributed by atoms with Gasteiger partial charge in [0.25, 0.3) is 0 Å². The molecular formula is C11H13NO2. The van der Waals surface area contributed by atoms with Crippen molar-refractivity contribution in [1.82, 2.24) is 0 Å². The largest absolute Gasteiger partial charge is 0.489 e. The van der Waals surface area contributed by atoms with E-state index < -0.39 is 0 Å². The first kappa shape index (κ1) is 9.06. The fourth-order valence-electron chi connectivity index (χ4n) is 1.56. The fourth-order valence-corrected chi connectivity index (χ4v) is 1.56. The van der Waals surface area contributed by atoms with Gasteiger partial charge in [0, 0.05) is 7.05 Å². The van der Waals surface area contributed by atoms with Crippen LogP contribution in [0.25, 0.3) is 0 Å². The average molecular weight is 191 g/mol. The first-order valence-corrected chi connectivity index (χ1v) is 4.74. The topological polar surface area (TPSA) is 30.8 Å². The van der Waals surface area contributed by atoms with Gasteiger partial charge in [-0.05, 0) is 24.5 Å². The molecule has 74 valence electrons. The van der Waals surface area contributed by atoms with Gasteiger partial charge in [-0.1, -0.05) is 12.1 Å². The fraction of sp³-hybridized carbons (Fsp3) is 0.364. The first-order chi connectivity index (χ1) is 6.92. The van der Waals surface area contributed by atoms with Crippen molar-refractivity contribution in [3.8, 4) is 11.5 Å². The van der Waals surface area contributed by atoms with E-state index in [2.05, 4.69) is 11.1 Å². The van der Waals surface area contributed by atoms with Crippen LogP contribution in [0, 0.1) is 0 Å². The van der Waals surface area contributed by atoms with E-state index in [1.54, 1.807) is 7.05 Å². The van der Waals surface area contributed by atoms with Crippen LogP contribution >= 0.6 is 0 Å². The highest BCUT2D eigenvalue weighted by atomic mass is 16.5. The first-order valence-electron chi connectivity index (χ1n) is 4.74. The van der Waals surface area contributed by atoms with Crippen molar-refractivity contribution >= 4 is 6.40 Å². The minimum absolute atomic E-state index is 0.757. The molecule has 0 spiro atoms. The molecule has 0 saturated carbocycles. The van der Waals surface area contributed by atoms with Gasteiger partial charge in [-0.2, -0.15) is 0 Å². The van der Waals surface area contributed by atoms with E-state index in [-0.39, 0.29) is 0 Å². The van der Waals surface area contributed by atoms with Gasteiger partial charge >= 0.3 is 0 Å². The lowest BCUT2D eigenvalue weighted by Gasteiger charge is -2.18. The molecule has 0 aliphatic carbocycles. The molecule has 1 aromatic rings. The third-order valence-electron chi connectivity index (χ3n) is 2.18. The van der Waals surface area contributed by atoms with Gasteiger partial charge in [-0.3, -0.25) is 4.99 Å². The van der Waals surface area contributed by atoms with Gasteiger partial charge in [-0.15, -0.1) is 0 Å². The summed E-state index contributed by atoms with van der Waals surface area (Å²) in [6, 6.07) is 5.95. The van der Waals surface area contributed by atoms with Crippen LogP contribution < -0.4 is 9.47 Å². The molecule has 0 radical (unpaired) electrons. The third kappa shape index (κ3) is 1.71. The molecule has 3 nitrogen and oxygen atoms in total. The lowest BCUT2D eigenvalue weighted by atomic mass is 10.1. The second-order valence-electron chi connectivity index (χ2n) is 3.18. The molecule has 0 atom stereocenters. The predicted octanol–water partition coefficient (Wildman–Crippen LogP) is 2.05. The van der Waals surface area contributed by atoms with Crippen LogP contribution in [0.15, 0.2) is 23.2 Å². The Kier molecular flexibility index (Phi) is 2.68. The van der Waals surface area contributed by atoms with Crippen molar-refractivity contribution in [2.24, 2.45) is 4.99 Å². The van der Waals surface area contributed by atoms with E-state index in [4.69, 9.17) is 9.47 Å². The van der Waals surface area contributed by atoms with E-state index in [1.807, 2.05) is 12.1 Å². The minimum Gasteiger partial charge on any atom is -0.489 e. The average Bonchev–Trinajstić information content (AvgIpc) is 2.26. The summed E-state index contributed by atoms with van der Waals surface area (Å²) in [7, 11) is 1.68. The smallest absolute Gasteiger partial charge is 0.176 e. The van der Waals surface area contributed by atoms with Gasteiger partial charge < -0.3 is 9.47 Å². The van der Waals surface area contributed by atoms with Gasteiger partial charge in [0.15, 0.2) is 17.9 Å². The van der Waals surface area contributed by atoms with E-state index in [0.717, 1.165) is 30.9 Å². The molecule has 0 N–H and O–H groups in total. The highest BCUT2D eigenvalue weighted by Crippen LogP contribution is 2.34. The standard InChI is InChI=1S/C11H13NO2/c1-12-8-14-10-6-2-4-9-5-3-7-13-11(9)10/h2,4,6,8H,3,5,7H2,1H3/b12-8+. The molecule has 0 amide bonds. The molecule has 0 aromatic heterocycles. The van der Waals surface area contributed by atoms with Gasteiger partial charge in [0.05, 0.1) is 6.61 Å². The lowest BCUT2D eigenvalue weighted by Crippen LogP contribution is -2.09. The zero-order valence-electron chi connectivity index (χ0n) is 8.19. The van der Waals surface area contributed by atoms with E-state index in [1.165, 1.54) is 12.0 Å². The Labute approximate surface area is 83.4 Å². The highest BCUT2D eigenvalue weighted by molar-refractivity contribution is 5.57. The number of rotatable bonds is 2. The molecule has 0 bridgehead atoms. The maximum atomic E-state index is 5.56. The van der Waals surface area contributed by atoms with E-state index >= 15 is 0 Å². The summed E-state index contributed by atoms with van der Waals surface area (Å²) in [5, 5.41) is 0. The number of aliphatic imine (C=N–C) groups is 1. The van der Waals surface area contributed by atoms with Crippen LogP contribution in [0.4, 0.5) is 0 Å². The molecule has 1 aliphatic heterocycles. The second kappa shape index (κ2) is 4.13. The van der Waals surface area contributed by atoms with E-state index in [9.17, 15) is 0 Å². The maximum Gasteiger partial charge on any atom is 0.176 e. The molecule has 3 heteroatoms. The van der Waals surface area contributed by atoms with Crippen molar-refractivity contribution in [2.45, 2.75) is 12.8 Å². The van der Waals surface area contributed by atoms with Crippen LogP contribution in [-0.4, -0.2) is 20.1 Å². The zero-order chi connectivity index (χ0) is 9.80. The summed E-state index contributed by atoms with van der Waals surface area (Å²) < 4.78 is 10.9. The molecule has 1 aromatic carbocycles. The third-order valence-corrected chi connectivity index (χ3v) is 2.18. The quantitative estimate of drug-likeness (QED) is 0.529.